The van der Waals surface area contributed by atoms with Crippen molar-refractivity contribution in [1.29, 1.82) is 0 Å². The maximum absolute atomic E-state index is 6.10. The molecule has 0 amide bonds. The number of hydrogen-bond acceptors (Lipinski definition) is 3. The molecule has 0 heterocycles. The smallest absolute Gasteiger partial charge is 0.165 e. The molecule has 0 bridgehead atoms. The van der Waals surface area contributed by atoms with Gasteiger partial charge in [-0.25, -0.2) is 4.99 Å². The van der Waals surface area contributed by atoms with Crippen LogP contribution in [0.15, 0.2) is 4.99 Å². The quantitative estimate of drug-likeness (QED) is 0.576. The Morgan fingerprint density at radius 2 is 1.75 bits per heavy atom. The summed E-state index contributed by atoms with van der Waals surface area (Å²) in [6, 6.07) is -0.0876. The molecule has 0 aliphatic rings. The van der Waals surface area contributed by atoms with E-state index in [9.17, 15) is 0 Å². The first kappa shape index (κ1) is 15.4. The topological polar surface area (TPSA) is 50.8 Å². The Morgan fingerprint density at radius 3 is 2.06 bits per heavy atom. The molecule has 0 saturated carbocycles. The molecule has 0 radical (unpaired) electrons. The SMILES string of the molecule is CC(C)C(N)[C@H](N=CN(C)C)OC(C)(C)C. The molecule has 2 N–H and O–H groups in total. The largest absolute Gasteiger partial charge is 0.369 e. The van der Waals surface area contributed by atoms with Crippen molar-refractivity contribution in [3.05, 3.63) is 0 Å². The van der Waals surface area contributed by atoms with Gasteiger partial charge in [0.25, 0.3) is 0 Å². The van der Waals surface area contributed by atoms with Gasteiger partial charge in [-0.15, -0.1) is 0 Å². The van der Waals surface area contributed by atoms with Crippen molar-refractivity contribution in [2.45, 2.75) is 52.5 Å². The second kappa shape index (κ2) is 6.21. The monoisotopic (exact) mass is 229 g/mol. The molecule has 96 valence electrons. The van der Waals surface area contributed by atoms with Crippen molar-refractivity contribution < 1.29 is 4.74 Å². The van der Waals surface area contributed by atoms with Gasteiger partial charge in [0.05, 0.1) is 18.0 Å². The number of hydrogen-bond donors (Lipinski definition) is 1. The van der Waals surface area contributed by atoms with Gasteiger partial charge in [-0.2, -0.15) is 0 Å². The fraction of sp³-hybridized carbons (Fsp3) is 0.917. The van der Waals surface area contributed by atoms with Crippen LogP contribution in [0.5, 0.6) is 0 Å². The molecule has 2 atom stereocenters. The molecular formula is C12H27N3O. The molecule has 1 unspecified atom stereocenters. The predicted octanol–water partition coefficient (Wildman–Crippen LogP) is 1.70. The molecule has 4 heteroatoms. The van der Waals surface area contributed by atoms with E-state index in [0.29, 0.717) is 5.92 Å². The van der Waals surface area contributed by atoms with Gasteiger partial charge >= 0.3 is 0 Å². The van der Waals surface area contributed by atoms with Crippen LogP contribution in [0.25, 0.3) is 0 Å². The zero-order chi connectivity index (χ0) is 12.9. The highest BCUT2D eigenvalue weighted by molar-refractivity contribution is 5.54. The van der Waals surface area contributed by atoms with E-state index in [2.05, 4.69) is 18.8 Å². The van der Waals surface area contributed by atoms with Crippen LogP contribution < -0.4 is 5.73 Å². The number of aliphatic imine (C=N–C) groups is 1. The van der Waals surface area contributed by atoms with Gasteiger partial charge in [-0.3, -0.25) is 0 Å². The molecule has 16 heavy (non-hydrogen) atoms. The lowest BCUT2D eigenvalue weighted by atomic mass is 10.0. The summed E-state index contributed by atoms with van der Waals surface area (Å²) in [5.41, 5.74) is 5.86. The zero-order valence-corrected chi connectivity index (χ0v) is 11.7. The molecule has 0 aliphatic carbocycles. The summed E-state index contributed by atoms with van der Waals surface area (Å²) in [4.78, 5) is 6.26. The van der Waals surface area contributed by atoms with Crippen molar-refractivity contribution in [3.8, 4) is 0 Å². The van der Waals surface area contributed by atoms with Crippen molar-refractivity contribution in [3.63, 3.8) is 0 Å². The van der Waals surface area contributed by atoms with Crippen LogP contribution in [0.2, 0.25) is 0 Å². The van der Waals surface area contributed by atoms with Crippen LogP contribution in [-0.2, 0) is 4.74 Å². The predicted molar refractivity (Wildman–Crippen MR) is 69.6 cm³/mol. The van der Waals surface area contributed by atoms with E-state index in [1.54, 1.807) is 6.34 Å². The first-order valence-electron chi connectivity index (χ1n) is 5.76. The van der Waals surface area contributed by atoms with Gasteiger partial charge < -0.3 is 15.4 Å². The van der Waals surface area contributed by atoms with Crippen molar-refractivity contribution in [2.75, 3.05) is 14.1 Å². The summed E-state index contributed by atoms with van der Waals surface area (Å²) in [5.74, 6) is 0.340. The van der Waals surface area contributed by atoms with Crippen LogP contribution in [-0.4, -0.2) is 43.2 Å². The average Bonchev–Trinajstić information content (AvgIpc) is 2.08. The highest BCUT2D eigenvalue weighted by Gasteiger charge is 2.25. The highest BCUT2D eigenvalue weighted by atomic mass is 16.5. The Bertz CT molecular complexity index is 219. The summed E-state index contributed by atoms with van der Waals surface area (Å²) in [6.45, 7) is 10.2. The van der Waals surface area contributed by atoms with Gasteiger partial charge in [0.15, 0.2) is 6.23 Å². The van der Waals surface area contributed by atoms with Crippen LogP contribution in [0.4, 0.5) is 0 Å². The van der Waals surface area contributed by atoms with Crippen molar-refractivity contribution in [2.24, 2.45) is 16.6 Å². The van der Waals surface area contributed by atoms with E-state index >= 15 is 0 Å². The van der Waals surface area contributed by atoms with Gasteiger partial charge in [0, 0.05) is 14.1 Å². The molecule has 0 rings (SSSR count). The van der Waals surface area contributed by atoms with Crippen molar-refractivity contribution >= 4 is 6.34 Å². The third-order valence-corrected chi connectivity index (χ3v) is 2.02. The number of ether oxygens (including phenoxy) is 1. The standard InChI is InChI=1S/C12H27N3O/c1-9(2)10(13)11(14-8-15(6)7)16-12(3,4)5/h8-11H,13H2,1-7H3/t10?,11-/m1/s1. The summed E-state index contributed by atoms with van der Waals surface area (Å²) in [7, 11) is 3.86. The Labute approximate surface area is 99.9 Å². The van der Waals surface area contributed by atoms with Crippen LogP contribution in [0.3, 0.4) is 0 Å². The van der Waals surface area contributed by atoms with E-state index in [1.165, 1.54) is 0 Å². The van der Waals surface area contributed by atoms with Gasteiger partial charge in [0.2, 0.25) is 0 Å². The van der Waals surface area contributed by atoms with Gasteiger partial charge in [-0.1, -0.05) is 13.8 Å². The van der Waals surface area contributed by atoms with Crippen molar-refractivity contribution in [1.82, 2.24) is 4.90 Å². The third-order valence-electron chi connectivity index (χ3n) is 2.02. The minimum Gasteiger partial charge on any atom is -0.369 e. The number of nitrogens with two attached hydrogens (primary N) is 1. The van der Waals surface area contributed by atoms with Crippen LogP contribution in [0.1, 0.15) is 34.6 Å². The first-order valence-corrected chi connectivity index (χ1v) is 5.76. The molecular weight excluding hydrogens is 202 g/mol. The molecule has 0 aromatic carbocycles. The third kappa shape index (κ3) is 6.80. The second-order valence-corrected chi connectivity index (χ2v) is 5.67. The lowest BCUT2D eigenvalue weighted by Crippen LogP contribution is -2.43. The van der Waals surface area contributed by atoms with E-state index in [1.807, 2.05) is 39.8 Å². The molecule has 0 spiro atoms. The number of rotatable bonds is 5. The average molecular weight is 229 g/mol. The highest BCUT2D eigenvalue weighted by Crippen LogP contribution is 2.16. The maximum Gasteiger partial charge on any atom is 0.165 e. The lowest BCUT2D eigenvalue weighted by Gasteiger charge is -2.30. The van der Waals surface area contributed by atoms with E-state index in [0.717, 1.165) is 0 Å². The van der Waals surface area contributed by atoms with Crippen LogP contribution in [0, 0.1) is 5.92 Å². The fourth-order valence-electron chi connectivity index (χ4n) is 1.10. The maximum atomic E-state index is 6.10. The first-order chi connectivity index (χ1) is 7.13. The second-order valence-electron chi connectivity index (χ2n) is 5.67. The molecule has 0 aliphatic heterocycles. The lowest BCUT2D eigenvalue weighted by molar-refractivity contribution is -0.0712. The van der Waals surface area contributed by atoms with E-state index < -0.39 is 0 Å². The summed E-state index contributed by atoms with van der Waals surface area (Å²) < 4.78 is 5.86. The normalized spacial score (nSPS) is 16.8. The summed E-state index contributed by atoms with van der Waals surface area (Å²) in [5, 5.41) is 0. The molecule has 0 saturated heterocycles. The Balaban J connectivity index is 4.64. The van der Waals surface area contributed by atoms with Gasteiger partial charge in [0.1, 0.15) is 0 Å². The molecule has 0 aromatic heterocycles. The summed E-state index contributed by atoms with van der Waals surface area (Å²) >= 11 is 0. The number of nitrogens with zero attached hydrogens (tertiary/aromatic N) is 2. The minimum atomic E-state index is -0.289. The molecule has 0 aromatic rings. The van der Waals surface area contributed by atoms with Gasteiger partial charge in [-0.05, 0) is 26.7 Å². The minimum absolute atomic E-state index is 0.0876. The van der Waals surface area contributed by atoms with E-state index in [-0.39, 0.29) is 17.9 Å². The van der Waals surface area contributed by atoms with Crippen LogP contribution >= 0.6 is 0 Å². The van der Waals surface area contributed by atoms with E-state index in [4.69, 9.17) is 10.5 Å². The molecule has 0 fully saturated rings. The molecule has 4 nitrogen and oxygen atoms in total. The summed E-state index contributed by atoms with van der Waals surface area (Å²) in [6.07, 6.45) is 1.46. The Hall–Kier alpha value is -0.610. The Morgan fingerprint density at radius 1 is 1.25 bits per heavy atom. The Kier molecular flexibility index (Phi) is 5.97. The zero-order valence-electron chi connectivity index (χ0n) is 11.7. The fourth-order valence-corrected chi connectivity index (χ4v) is 1.10.